The van der Waals surface area contributed by atoms with E-state index in [1.165, 1.54) is 11.3 Å². The van der Waals surface area contributed by atoms with Gasteiger partial charge in [0.25, 0.3) is 0 Å². The molecule has 2 aromatic rings. The Bertz CT molecular complexity index is 625. The molecule has 0 aliphatic heterocycles. The highest BCUT2D eigenvalue weighted by atomic mass is 35.5. The fourth-order valence-corrected chi connectivity index (χ4v) is 3.75. The summed E-state index contributed by atoms with van der Waals surface area (Å²) in [7, 11) is 0. The van der Waals surface area contributed by atoms with Crippen LogP contribution in [0.4, 0.5) is 5.69 Å². The lowest BCUT2D eigenvalue weighted by atomic mass is 10.1. The molecule has 0 aliphatic rings. The van der Waals surface area contributed by atoms with E-state index in [1.807, 2.05) is 38.1 Å². The Morgan fingerprint density at radius 1 is 1.14 bits per heavy atom. The summed E-state index contributed by atoms with van der Waals surface area (Å²) in [5.41, 5.74) is 3.23. The zero-order chi connectivity index (χ0) is 15.6. The van der Waals surface area contributed by atoms with Crippen LogP contribution in [0.1, 0.15) is 37.9 Å². The standard InChI is InChI=1S/C16H19Cl2NOS/c1-9(2)20-12-5-6-14(10(3)7-12)19-11(4)13-8-15(17)21-16(13)18/h5-9,11,19H,1-4H3. The van der Waals surface area contributed by atoms with Crippen LogP contribution in [0.2, 0.25) is 8.67 Å². The molecule has 114 valence electrons. The molecule has 21 heavy (non-hydrogen) atoms. The first kappa shape index (κ1) is 16.5. The molecule has 1 unspecified atom stereocenters. The summed E-state index contributed by atoms with van der Waals surface area (Å²) < 4.78 is 7.14. The first-order valence-electron chi connectivity index (χ1n) is 6.85. The molecule has 1 N–H and O–H groups in total. The third-order valence-electron chi connectivity index (χ3n) is 3.09. The Hall–Kier alpha value is -0.900. The molecule has 0 saturated heterocycles. The molecular formula is C16H19Cl2NOS. The van der Waals surface area contributed by atoms with Gasteiger partial charge in [-0.3, -0.25) is 0 Å². The maximum absolute atomic E-state index is 6.20. The van der Waals surface area contributed by atoms with Crippen molar-refractivity contribution in [1.29, 1.82) is 0 Å². The second kappa shape index (κ2) is 6.91. The SMILES string of the molecule is Cc1cc(OC(C)C)ccc1NC(C)c1cc(Cl)sc1Cl. The quantitative estimate of drug-likeness (QED) is 0.685. The molecule has 2 rings (SSSR count). The minimum Gasteiger partial charge on any atom is -0.491 e. The number of thiophene rings is 1. The third kappa shape index (κ3) is 4.29. The van der Waals surface area contributed by atoms with Crippen molar-refractivity contribution in [3.05, 3.63) is 44.1 Å². The maximum atomic E-state index is 6.20. The molecular weight excluding hydrogens is 325 g/mol. The fraction of sp³-hybridized carbons (Fsp3) is 0.375. The number of benzene rings is 1. The zero-order valence-corrected chi connectivity index (χ0v) is 14.9. The predicted octanol–water partition coefficient (Wildman–Crippen LogP) is 6.32. The van der Waals surface area contributed by atoms with Crippen LogP contribution in [-0.2, 0) is 0 Å². The van der Waals surface area contributed by atoms with Gasteiger partial charge in [0.2, 0.25) is 0 Å². The lowest BCUT2D eigenvalue weighted by Crippen LogP contribution is -2.08. The van der Waals surface area contributed by atoms with Crippen molar-refractivity contribution < 1.29 is 4.74 Å². The van der Waals surface area contributed by atoms with Gasteiger partial charge >= 0.3 is 0 Å². The molecule has 0 aliphatic carbocycles. The number of anilines is 1. The lowest BCUT2D eigenvalue weighted by Gasteiger charge is -2.18. The minimum atomic E-state index is 0.0943. The van der Waals surface area contributed by atoms with Crippen LogP contribution >= 0.6 is 34.5 Å². The molecule has 1 heterocycles. The van der Waals surface area contributed by atoms with Gasteiger partial charge < -0.3 is 10.1 Å². The molecule has 5 heteroatoms. The number of ether oxygens (including phenoxy) is 1. The van der Waals surface area contributed by atoms with Crippen molar-refractivity contribution in [3.8, 4) is 5.75 Å². The smallest absolute Gasteiger partial charge is 0.120 e. The first-order valence-corrected chi connectivity index (χ1v) is 8.42. The Labute approximate surface area is 140 Å². The third-order valence-corrected chi connectivity index (χ3v) is 4.61. The van der Waals surface area contributed by atoms with Crippen LogP contribution in [0.5, 0.6) is 5.75 Å². The van der Waals surface area contributed by atoms with Crippen molar-refractivity contribution in [1.82, 2.24) is 0 Å². The molecule has 0 spiro atoms. The number of hydrogen-bond donors (Lipinski definition) is 1. The van der Waals surface area contributed by atoms with E-state index in [9.17, 15) is 0 Å². The van der Waals surface area contributed by atoms with Gasteiger partial charge in [0.15, 0.2) is 0 Å². The van der Waals surface area contributed by atoms with Crippen LogP contribution in [0.3, 0.4) is 0 Å². The highest BCUT2D eigenvalue weighted by Crippen LogP contribution is 2.36. The van der Waals surface area contributed by atoms with E-state index in [2.05, 4.69) is 19.2 Å². The fourth-order valence-electron chi connectivity index (χ4n) is 2.10. The van der Waals surface area contributed by atoms with E-state index in [1.54, 1.807) is 0 Å². The van der Waals surface area contributed by atoms with Crippen molar-refractivity contribution in [3.63, 3.8) is 0 Å². The molecule has 0 fully saturated rings. The maximum Gasteiger partial charge on any atom is 0.120 e. The van der Waals surface area contributed by atoms with Crippen molar-refractivity contribution in [2.45, 2.75) is 39.8 Å². The molecule has 0 radical (unpaired) electrons. The summed E-state index contributed by atoms with van der Waals surface area (Å²) in [6, 6.07) is 8.06. The molecule has 2 nitrogen and oxygen atoms in total. The number of aryl methyl sites for hydroxylation is 1. The van der Waals surface area contributed by atoms with Crippen LogP contribution in [-0.4, -0.2) is 6.10 Å². The van der Waals surface area contributed by atoms with E-state index in [0.717, 1.165) is 26.9 Å². The second-order valence-electron chi connectivity index (χ2n) is 5.29. The van der Waals surface area contributed by atoms with Gasteiger partial charge in [-0.25, -0.2) is 0 Å². The van der Waals surface area contributed by atoms with Gasteiger partial charge in [-0.15, -0.1) is 11.3 Å². The summed E-state index contributed by atoms with van der Waals surface area (Å²) in [4.78, 5) is 0. The molecule has 0 bridgehead atoms. The van der Waals surface area contributed by atoms with E-state index in [4.69, 9.17) is 27.9 Å². The molecule has 1 aromatic heterocycles. The average molecular weight is 344 g/mol. The average Bonchev–Trinajstić information content (AvgIpc) is 2.71. The number of halogens is 2. The van der Waals surface area contributed by atoms with E-state index in [-0.39, 0.29) is 12.1 Å². The van der Waals surface area contributed by atoms with Crippen molar-refractivity contribution in [2.75, 3.05) is 5.32 Å². The molecule has 0 amide bonds. The van der Waals surface area contributed by atoms with Gasteiger partial charge in [0.1, 0.15) is 5.75 Å². The van der Waals surface area contributed by atoms with E-state index < -0.39 is 0 Å². The molecule has 1 aromatic carbocycles. The Morgan fingerprint density at radius 2 is 1.86 bits per heavy atom. The van der Waals surface area contributed by atoms with Crippen LogP contribution < -0.4 is 10.1 Å². The Morgan fingerprint density at radius 3 is 2.38 bits per heavy atom. The summed E-state index contributed by atoms with van der Waals surface area (Å²) in [6.07, 6.45) is 0.175. The Balaban J connectivity index is 2.14. The van der Waals surface area contributed by atoms with Crippen molar-refractivity contribution >= 4 is 40.2 Å². The zero-order valence-electron chi connectivity index (χ0n) is 12.5. The number of hydrogen-bond acceptors (Lipinski definition) is 3. The monoisotopic (exact) mass is 343 g/mol. The summed E-state index contributed by atoms with van der Waals surface area (Å²) >= 11 is 13.6. The summed E-state index contributed by atoms with van der Waals surface area (Å²) in [6.45, 7) is 8.17. The second-order valence-corrected chi connectivity index (χ2v) is 7.57. The molecule has 0 saturated carbocycles. The summed E-state index contributed by atoms with van der Waals surface area (Å²) in [5.74, 6) is 0.886. The highest BCUT2D eigenvalue weighted by Gasteiger charge is 2.14. The van der Waals surface area contributed by atoms with Gasteiger partial charge in [0, 0.05) is 11.3 Å². The van der Waals surface area contributed by atoms with E-state index in [0.29, 0.717) is 4.34 Å². The largest absolute Gasteiger partial charge is 0.491 e. The minimum absolute atomic E-state index is 0.0943. The van der Waals surface area contributed by atoms with E-state index >= 15 is 0 Å². The van der Waals surface area contributed by atoms with Crippen LogP contribution in [0.25, 0.3) is 0 Å². The first-order chi connectivity index (χ1) is 9.86. The highest BCUT2D eigenvalue weighted by molar-refractivity contribution is 7.20. The molecule has 1 atom stereocenters. The number of nitrogens with one attached hydrogen (secondary N) is 1. The van der Waals surface area contributed by atoms with Gasteiger partial charge in [-0.2, -0.15) is 0 Å². The lowest BCUT2D eigenvalue weighted by molar-refractivity contribution is 0.242. The normalized spacial score (nSPS) is 12.5. The Kier molecular flexibility index (Phi) is 5.42. The van der Waals surface area contributed by atoms with Gasteiger partial charge in [-0.1, -0.05) is 23.2 Å². The van der Waals surface area contributed by atoms with Crippen molar-refractivity contribution in [2.24, 2.45) is 0 Å². The predicted molar refractivity (Wildman–Crippen MR) is 93.3 cm³/mol. The van der Waals surface area contributed by atoms with Gasteiger partial charge in [0.05, 0.1) is 20.8 Å². The van der Waals surface area contributed by atoms with Crippen LogP contribution in [0, 0.1) is 6.92 Å². The van der Waals surface area contributed by atoms with Crippen LogP contribution in [0.15, 0.2) is 24.3 Å². The number of rotatable bonds is 5. The topological polar surface area (TPSA) is 21.3 Å². The van der Waals surface area contributed by atoms with Gasteiger partial charge in [-0.05, 0) is 57.5 Å². The summed E-state index contributed by atoms with van der Waals surface area (Å²) in [5, 5.41) is 3.47.